The van der Waals surface area contributed by atoms with Crippen molar-refractivity contribution in [3.05, 3.63) is 15.6 Å². The lowest BCUT2D eigenvalue weighted by atomic mass is 9.86. The fourth-order valence-corrected chi connectivity index (χ4v) is 3.59. The average molecular weight is 266 g/mol. The normalized spacial score (nSPS) is 19.0. The Labute approximate surface area is 113 Å². The Morgan fingerprint density at radius 3 is 3.00 bits per heavy atom. The lowest BCUT2D eigenvalue weighted by Crippen LogP contribution is -2.22. The summed E-state index contributed by atoms with van der Waals surface area (Å²) in [5.41, 5.74) is 6.70. The van der Waals surface area contributed by atoms with Crippen LogP contribution in [-0.2, 0) is 17.6 Å². The van der Waals surface area contributed by atoms with E-state index in [0.29, 0.717) is 24.7 Å². The maximum absolute atomic E-state index is 12.0. The summed E-state index contributed by atoms with van der Waals surface area (Å²) in [5.74, 6) is 1.10. The second-order valence-electron chi connectivity index (χ2n) is 5.37. The Bertz CT molecular complexity index is 425. The second kappa shape index (κ2) is 5.93. The first-order valence-electron chi connectivity index (χ1n) is 6.83. The smallest absolute Gasteiger partial charge is 0.136 e. The number of ketones is 1. The van der Waals surface area contributed by atoms with Gasteiger partial charge in [-0.25, -0.2) is 4.98 Å². The number of carbonyl (C=O) groups excluding carboxylic acids is 1. The van der Waals surface area contributed by atoms with E-state index >= 15 is 0 Å². The molecule has 1 aromatic rings. The standard InChI is InChI=1S/C14H22N2OS/c1-9(2)14-16-11-6-5-10(8-13(11)18-14)12(17)4-3-7-15/h9-10H,3-8,15H2,1-2H3. The first-order chi connectivity index (χ1) is 8.61. The first kappa shape index (κ1) is 13.7. The molecule has 0 saturated carbocycles. The molecule has 4 heteroatoms. The molecular weight excluding hydrogens is 244 g/mol. The predicted molar refractivity (Wildman–Crippen MR) is 75.0 cm³/mol. The minimum absolute atomic E-state index is 0.213. The fourth-order valence-electron chi connectivity index (χ4n) is 2.40. The van der Waals surface area contributed by atoms with Crippen LogP contribution in [0, 0.1) is 5.92 Å². The van der Waals surface area contributed by atoms with Crippen molar-refractivity contribution in [1.29, 1.82) is 0 Å². The molecule has 0 bridgehead atoms. The van der Waals surface area contributed by atoms with Crippen LogP contribution < -0.4 is 5.73 Å². The number of thiazole rings is 1. The summed E-state index contributed by atoms with van der Waals surface area (Å²) < 4.78 is 0. The second-order valence-corrected chi connectivity index (χ2v) is 6.49. The van der Waals surface area contributed by atoms with Gasteiger partial charge in [0.2, 0.25) is 0 Å². The van der Waals surface area contributed by atoms with Crippen molar-refractivity contribution < 1.29 is 4.79 Å². The van der Waals surface area contributed by atoms with E-state index in [2.05, 4.69) is 13.8 Å². The molecule has 0 aromatic carbocycles. The van der Waals surface area contributed by atoms with Crippen LogP contribution in [0.5, 0.6) is 0 Å². The van der Waals surface area contributed by atoms with E-state index in [1.165, 1.54) is 15.6 Å². The topological polar surface area (TPSA) is 56.0 Å². The van der Waals surface area contributed by atoms with E-state index in [1.54, 1.807) is 11.3 Å². The van der Waals surface area contributed by atoms with Gasteiger partial charge in [-0.1, -0.05) is 13.8 Å². The highest BCUT2D eigenvalue weighted by Gasteiger charge is 2.27. The van der Waals surface area contributed by atoms with E-state index < -0.39 is 0 Å². The average Bonchev–Trinajstić information content (AvgIpc) is 2.78. The van der Waals surface area contributed by atoms with Crippen molar-refractivity contribution in [3.8, 4) is 0 Å². The number of carbonyl (C=O) groups is 1. The lowest BCUT2D eigenvalue weighted by Gasteiger charge is -2.19. The van der Waals surface area contributed by atoms with Gasteiger partial charge in [0.1, 0.15) is 5.78 Å². The number of rotatable bonds is 5. The third-order valence-electron chi connectivity index (χ3n) is 3.53. The number of hydrogen-bond donors (Lipinski definition) is 1. The summed E-state index contributed by atoms with van der Waals surface area (Å²) in [7, 11) is 0. The number of hydrogen-bond acceptors (Lipinski definition) is 4. The molecule has 1 aliphatic carbocycles. The molecule has 2 N–H and O–H groups in total. The summed E-state index contributed by atoms with van der Waals surface area (Å²) in [6, 6.07) is 0. The zero-order valence-electron chi connectivity index (χ0n) is 11.2. The summed E-state index contributed by atoms with van der Waals surface area (Å²) in [5, 5.41) is 1.22. The summed E-state index contributed by atoms with van der Waals surface area (Å²) in [6.07, 6.45) is 4.31. The first-order valence-corrected chi connectivity index (χ1v) is 7.64. The molecule has 1 unspecified atom stereocenters. The number of Topliss-reactive ketones (excluding diaryl/α,β-unsaturated/α-hetero) is 1. The van der Waals surface area contributed by atoms with Crippen LogP contribution in [-0.4, -0.2) is 17.3 Å². The monoisotopic (exact) mass is 266 g/mol. The van der Waals surface area contributed by atoms with E-state index in [-0.39, 0.29) is 5.92 Å². The Morgan fingerprint density at radius 1 is 1.56 bits per heavy atom. The van der Waals surface area contributed by atoms with Crippen LogP contribution in [0.3, 0.4) is 0 Å². The molecule has 100 valence electrons. The fraction of sp³-hybridized carbons (Fsp3) is 0.714. The zero-order valence-corrected chi connectivity index (χ0v) is 12.1. The molecule has 0 spiro atoms. The van der Waals surface area contributed by atoms with Crippen molar-refractivity contribution in [2.45, 2.75) is 51.9 Å². The van der Waals surface area contributed by atoms with Gasteiger partial charge in [-0.3, -0.25) is 4.79 Å². The van der Waals surface area contributed by atoms with E-state index in [1.807, 2.05) is 0 Å². The summed E-state index contributed by atoms with van der Waals surface area (Å²) >= 11 is 1.80. The number of nitrogens with zero attached hydrogens (tertiary/aromatic N) is 1. The van der Waals surface area contributed by atoms with Crippen LogP contribution >= 0.6 is 11.3 Å². The van der Waals surface area contributed by atoms with Crippen molar-refractivity contribution in [3.63, 3.8) is 0 Å². The SMILES string of the molecule is CC(C)c1nc2c(s1)CC(C(=O)CCCN)CC2. The molecular formula is C14H22N2OS. The number of aryl methyl sites for hydroxylation is 1. The maximum atomic E-state index is 12.0. The van der Waals surface area contributed by atoms with Crippen molar-refractivity contribution >= 4 is 17.1 Å². The van der Waals surface area contributed by atoms with Crippen LogP contribution in [0.4, 0.5) is 0 Å². The van der Waals surface area contributed by atoms with Crippen LogP contribution in [0.1, 0.15) is 54.6 Å². The highest BCUT2D eigenvalue weighted by atomic mass is 32.1. The summed E-state index contributed by atoms with van der Waals surface area (Å²) in [4.78, 5) is 18.1. The van der Waals surface area contributed by atoms with Gasteiger partial charge in [-0.15, -0.1) is 11.3 Å². The number of aromatic nitrogens is 1. The molecule has 0 saturated heterocycles. The van der Waals surface area contributed by atoms with E-state index in [9.17, 15) is 4.79 Å². The minimum Gasteiger partial charge on any atom is -0.330 e. The van der Waals surface area contributed by atoms with Gasteiger partial charge >= 0.3 is 0 Å². The Kier molecular flexibility index (Phi) is 4.51. The van der Waals surface area contributed by atoms with E-state index in [4.69, 9.17) is 10.7 Å². The Balaban J connectivity index is 2.03. The molecule has 0 radical (unpaired) electrons. The van der Waals surface area contributed by atoms with Crippen molar-refractivity contribution in [1.82, 2.24) is 4.98 Å². The third kappa shape index (κ3) is 2.98. The minimum atomic E-state index is 0.213. The Morgan fingerprint density at radius 2 is 2.33 bits per heavy atom. The molecule has 18 heavy (non-hydrogen) atoms. The predicted octanol–water partition coefficient (Wildman–Crippen LogP) is 2.68. The molecule has 0 fully saturated rings. The molecule has 0 amide bonds. The van der Waals surface area contributed by atoms with Gasteiger partial charge < -0.3 is 5.73 Å². The highest BCUT2D eigenvalue weighted by Crippen LogP contribution is 2.33. The molecule has 3 nitrogen and oxygen atoms in total. The Hall–Kier alpha value is -0.740. The third-order valence-corrected chi connectivity index (χ3v) is 4.95. The van der Waals surface area contributed by atoms with Gasteiger partial charge in [0.05, 0.1) is 10.7 Å². The van der Waals surface area contributed by atoms with E-state index in [0.717, 1.165) is 25.7 Å². The van der Waals surface area contributed by atoms with Crippen LogP contribution in [0.15, 0.2) is 0 Å². The van der Waals surface area contributed by atoms with Crippen LogP contribution in [0.2, 0.25) is 0 Å². The molecule has 1 aromatic heterocycles. The van der Waals surface area contributed by atoms with Crippen molar-refractivity contribution in [2.75, 3.05) is 6.54 Å². The summed E-state index contributed by atoms with van der Waals surface area (Å²) in [6.45, 7) is 4.96. The molecule has 1 aliphatic rings. The van der Waals surface area contributed by atoms with Gasteiger partial charge in [0.25, 0.3) is 0 Å². The largest absolute Gasteiger partial charge is 0.330 e. The maximum Gasteiger partial charge on any atom is 0.136 e. The van der Waals surface area contributed by atoms with Gasteiger partial charge in [-0.05, 0) is 32.2 Å². The zero-order chi connectivity index (χ0) is 13.1. The number of fused-ring (bicyclic) bond motifs is 1. The quantitative estimate of drug-likeness (QED) is 0.891. The molecule has 1 heterocycles. The van der Waals surface area contributed by atoms with Crippen molar-refractivity contribution in [2.24, 2.45) is 11.7 Å². The molecule has 2 rings (SSSR count). The van der Waals surface area contributed by atoms with Gasteiger partial charge in [0.15, 0.2) is 0 Å². The van der Waals surface area contributed by atoms with Gasteiger partial charge in [0, 0.05) is 23.1 Å². The lowest BCUT2D eigenvalue weighted by molar-refractivity contribution is -0.123. The van der Waals surface area contributed by atoms with Crippen LogP contribution in [0.25, 0.3) is 0 Å². The highest BCUT2D eigenvalue weighted by molar-refractivity contribution is 7.11. The molecule has 1 atom stereocenters. The number of nitrogens with two attached hydrogens (primary N) is 1. The van der Waals surface area contributed by atoms with Gasteiger partial charge in [-0.2, -0.15) is 0 Å². The molecule has 0 aliphatic heterocycles.